The third-order valence-electron chi connectivity index (χ3n) is 18.8. The van der Waals surface area contributed by atoms with Gasteiger partial charge in [0.15, 0.2) is 18.9 Å². The lowest BCUT2D eigenvalue weighted by Gasteiger charge is -2.72. The fourth-order valence-electron chi connectivity index (χ4n) is 14.4. The molecule has 66 heavy (non-hydrogen) atoms. The molecule has 7 aliphatic rings. The van der Waals surface area contributed by atoms with Crippen LogP contribution in [0, 0.1) is 44.8 Å². The molecular weight excluding hydrogens is 868 g/mol. The fourth-order valence-corrected chi connectivity index (χ4v) is 14.4. The van der Waals surface area contributed by atoms with E-state index in [1.807, 2.05) is 19.9 Å². The van der Waals surface area contributed by atoms with Gasteiger partial charge < -0.3 is 94.8 Å². The van der Waals surface area contributed by atoms with Crippen molar-refractivity contribution in [1.29, 1.82) is 0 Å². The summed E-state index contributed by atoms with van der Waals surface area (Å²) in [5, 5.41) is 139. The highest BCUT2D eigenvalue weighted by atomic mass is 16.8. The van der Waals surface area contributed by atoms with Gasteiger partial charge in [-0.05, 0) is 105 Å². The molecule has 0 amide bonds. The Kier molecular flexibility index (Phi) is 16.2. The van der Waals surface area contributed by atoms with Gasteiger partial charge in [0.25, 0.3) is 0 Å². The minimum absolute atomic E-state index is 0.0412. The number of hydrogen-bond donors (Lipinski definition) is 13. The van der Waals surface area contributed by atoms with Crippen molar-refractivity contribution in [2.24, 2.45) is 44.8 Å². The predicted octanol–water partition coefficient (Wildman–Crippen LogP) is -1.44. The van der Waals surface area contributed by atoms with E-state index in [4.69, 9.17) is 28.4 Å². The van der Waals surface area contributed by atoms with Crippen LogP contribution >= 0.6 is 0 Å². The second-order valence-electron chi connectivity index (χ2n) is 22.1. The Bertz CT molecular complexity index is 1660. The van der Waals surface area contributed by atoms with Crippen LogP contribution < -0.4 is 0 Å². The van der Waals surface area contributed by atoms with E-state index >= 15 is 0 Å². The summed E-state index contributed by atoms with van der Waals surface area (Å²) in [6, 6.07) is 0. The number of rotatable bonds is 14. The molecule has 7 fully saturated rings. The molecule has 3 saturated heterocycles. The van der Waals surface area contributed by atoms with Crippen molar-refractivity contribution in [2.45, 2.75) is 197 Å². The summed E-state index contributed by atoms with van der Waals surface area (Å²) in [6.45, 7) is 8.76. The van der Waals surface area contributed by atoms with Crippen LogP contribution in [0.4, 0.5) is 0 Å². The minimum atomic E-state index is -1.75. The lowest BCUT2D eigenvalue weighted by Crippen LogP contribution is -2.69. The molecule has 382 valence electrons. The molecule has 0 aromatic rings. The SMILES string of the molecule is C/C(=C/CC[C@]1(CO)CC[C@]2(C)[C@H](CC[C@@H]3[C@@]4(C)CC[C@H](O[C@@H]5O[C@H](CO)[C@@H](O)[C@H](O)[C@H]5O[C@@H]5OC[C@@H](O)[C@H](O)[C@H]5O)[C@@](C)(CO[C@@H]5O[C@H](CO)[C@@H](O)[C@H](O)[C@H]5O)[C@@H]4CC[C@]32C)[C@H]1O)CO. The van der Waals surface area contributed by atoms with Gasteiger partial charge in [-0.3, -0.25) is 0 Å². The van der Waals surface area contributed by atoms with E-state index < -0.39 is 129 Å². The second-order valence-corrected chi connectivity index (χ2v) is 22.1. The van der Waals surface area contributed by atoms with Gasteiger partial charge in [0, 0.05) is 10.8 Å². The molecular formula is C47H80O19. The lowest BCUT2D eigenvalue weighted by atomic mass is 9.33. The molecule has 4 saturated carbocycles. The molecule has 0 aromatic heterocycles. The molecule has 19 heteroatoms. The van der Waals surface area contributed by atoms with Crippen LogP contribution in [0.5, 0.6) is 0 Å². The number of fused-ring (bicyclic) bond motifs is 5. The summed E-state index contributed by atoms with van der Waals surface area (Å²) in [6.07, 6.45) is -14.6. The van der Waals surface area contributed by atoms with E-state index in [1.165, 1.54) is 0 Å². The van der Waals surface area contributed by atoms with Crippen molar-refractivity contribution >= 4 is 0 Å². The predicted molar refractivity (Wildman–Crippen MR) is 230 cm³/mol. The first-order valence-corrected chi connectivity index (χ1v) is 24.2. The normalized spacial score (nSPS) is 53.4. The summed E-state index contributed by atoms with van der Waals surface area (Å²) in [5.74, 6) is -0.0855. The van der Waals surface area contributed by atoms with Gasteiger partial charge in [-0.2, -0.15) is 0 Å². The number of hydrogen-bond acceptors (Lipinski definition) is 19. The number of ether oxygens (including phenoxy) is 6. The second kappa shape index (κ2) is 20.2. The van der Waals surface area contributed by atoms with E-state index in [1.54, 1.807) is 0 Å². The average molecular weight is 949 g/mol. The van der Waals surface area contributed by atoms with Crippen LogP contribution in [0.2, 0.25) is 0 Å². The Morgan fingerprint density at radius 2 is 1.29 bits per heavy atom. The largest absolute Gasteiger partial charge is 0.396 e. The van der Waals surface area contributed by atoms with Crippen molar-refractivity contribution in [3.63, 3.8) is 0 Å². The molecule has 0 bridgehead atoms. The molecule has 0 aromatic carbocycles. The summed E-state index contributed by atoms with van der Waals surface area (Å²) < 4.78 is 36.8. The molecule has 0 spiro atoms. The third-order valence-corrected chi connectivity index (χ3v) is 18.8. The minimum Gasteiger partial charge on any atom is -0.396 e. The van der Waals surface area contributed by atoms with E-state index in [0.717, 1.165) is 31.3 Å². The highest BCUT2D eigenvalue weighted by Gasteiger charge is 2.70. The van der Waals surface area contributed by atoms with Crippen molar-refractivity contribution in [3.8, 4) is 0 Å². The molecule has 13 N–H and O–H groups in total. The maximum atomic E-state index is 12.3. The van der Waals surface area contributed by atoms with Crippen molar-refractivity contribution < 1.29 is 94.8 Å². The number of aliphatic hydroxyl groups is 13. The van der Waals surface area contributed by atoms with Gasteiger partial charge in [-0.1, -0.05) is 39.3 Å². The highest BCUT2D eigenvalue weighted by molar-refractivity contribution is 5.19. The van der Waals surface area contributed by atoms with Crippen molar-refractivity contribution in [1.82, 2.24) is 0 Å². The molecule has 3 heterocycles. The first-order valence-electron chi connectivity index (χ1n) is 24.2. The summed E-state index contributed by atoms with van der Waals surface area (Å²) in [4.78, 5) is 0. The Morgan fingerprint density at radius 3 is 1.94 bits per heavy atom. The van der Waals surface area contributed by atoms with Crippen LogP contribution in [-0.2, 0) is 28.4 Å². The summed E-state index contributed by atoms with van der Waals surface area (Å²) >= 11 is 0. The van der Waals surface area contributed by atoms with Crippen molar-refractivity contribution in [3.05, 3.63) is 11.6 Å². The molecule has 0 radical (unpaired) electrons. The standard InChI is InChI=1S/C47H80O19/c1-23(17-48)7-6-12-47(21-51)16-15-45(4)24(39(47)60)8-9-29-43(2)13-11-30(65-42-38(35(57)33(55)27(19-50)64-42)66-40-36(58)31(53)25(52)20-61-40)44(3,28(43)10-14-46(29,45)5)22-62-41-37(59)34(56)32(54)26(18-49)63-41/h7,24-42,48-60H,6,8-22H2,1-5H3/b23-7-/t24-,25-,26-,27-,28-,29-,30+,31+,32-,33-,34+,35+,36-,37-,38-,39-,40+,41-,42+,43+,44+,45-,46-,47-/m1/s1. The van der Waals surface area contributed by atoms with Gasteiger partial charge in [0.1, 0.15) is 67.1 Å². The third kappa shape index (κ3) is 8.89. The first kappa shape index (κ1) is 52.8. The summed E-state index contributed by atoms with van der Waals surface area (Å²) in [5.41, 5.74) is -1.71. The smallest absolute Gasteiger partial charge is 0.187 e. The van der Waals surface area contributed by atoms with Gasteiger partial charge in [0.05, 0.1) is 51.8 Å². The van der Waals surface area contributed by atoms with Gasteiger partial charge in [0.2, 0.25) is 0 Å². The van der Waals surface area contributed by atoms with E-state index in [9.17, 15) is 66.4 Å². The lowest BCUT2D eigenvalue weighted by molar-refractivity contribution is -0.375. The maximum absolute atomic E-state index is 12.3. The van der Waals surface area contributed by atoms with Crippen LogP contribution in [0.15, 0.2) is 11.6 Å². The topological polar surface area (TPSA) is 318 Å². The first-order chi connectivity index (χ1) is 31.1. The van der Waals surface area contributed by atoms with Gasteiger partial charge in [-0.15, -0.1) is 0 Å². The highest BCUT2D eigenvalue weighted by Crippen LogP contribution is 2.75. The molecule has 4 aliphatic carbocycles. The van der Waals surface area contributed by atoms with E-state index in [0.29, 0.717) is 38.5 Å². The van der Waals surface area contributed by atoms with E-state index in [-0.39, 0.29) is 53.8 Å². The average Bonchev–Trinajstić information content (AvgIpc) is 3.29. The molecule has 19 nitrogen and oxygen atoms in total. The fraction of sp³-hybridized carbons (Fsp3) is 0.957. The monoisotopic (exact) mass is 949 g/mol. The molecule has 24 atom stereocenters. The van der Waals surface area contributed by atoms with E-state index in [2.05, 4.69) is 20.8 Å². The van der Waals surface area contributed by atoms with Crippen molar-refractivity contribution in [2.75, 3.05) is 39.6 Å². The Balaban J connectivity index is 1.20. The molecule has 0 unspecified atom stereocenters. The Labute approximate surface area is 387 Å². The summed E-state index contributed by atoms with van der Waals surface area (Å²) in [7, 11) is 0. The Morgan fingerprint density at radius 1 is 0.636 bits per heavy atom. The van der Waals surface area contributed by atoms with Crippen LogP contribution in [-0.4, -0.2) is 204 Å². The zero-order valence-corrected chi connectivity index (χ0v) is 39.1. The number of aliphatic hydroxyl groups excluding tert-OH is 13. The van der Waals surface area contributed by atoms with Crippen LogP contribution in [0.1, 0.15) is 98.8 Å². The van der Waals surface area contributed by atoms with Crippen LogP contribution in [0.25, 0.3) is 0 Å². The van der Waals surface area contributed by atoms with Crippen LogP contribution in [0.3, 0.4) is 0 Å². The zero-order valence-electron chi connectivity index (χ0n) is 39.1. The zero-order chi connectivity index (χ0) is 48.3. The van der Waals surface area contributed by atoms with Gasteiger partial charge in [-0.25, -0.2) is 0 Å². The number of allylic oxidation sites excluding steroid dienone is 1. The quantitative estimate of drug-likeness (QED) is 0.0701. The molecule has 7 rings (SSSR count). The van der Waals surface area contributed by atoms with Gasteiger partial charge >= 0.3 is 0 Å². The molecule has 3 aliphatic heterocycles. The Hall–Kier alpha value is -1.02. The maximum Gasteiger partial charge on any atom is 0.187 e.